The van der Waals surface area contributed by atoms with Gasteiger partial charge in [0.1, 0.15) is 17.2 Å². The lowest BCUT2D eigenvalue weighted by Crippen LogP contribution is -2.77. The van der Waals surface area contributed by atoms with Crippen molar-refractivity contribution in [3.8, 4) is 16.9 Å². The number of nitrogens with zero attached hydrogens (tertiary/aromatic N) is 2. The van der Waals surface area contributed by atoms with Gasteiger partial charge < -0.3 is 14.6 Å². The second-order valence-corrected chi connectivity index (χ2v) is 12.5. The third-order valence-electron chi connectivity index (χ3n) is 9.87. The number of ether oxygens (including phenoxy) is 2. The van der Waals surface area contributed by atoms with E-state index in [0.717, 1.165) is 49.4 Å². The number of amides is 1. The predicted molar refractivity (Wildman–Crippen MR) is 142 cm³/mol. The van der Waals surface area contributed by atoms with Gasteiger partial charge in [-0.3, -0.25) is 14.6 Å². The Labute approximate surface area is 227 Å². The molecule has 8 heteroatoms. The minimum atomic E-state index is -0.734. The zero-order valence-corrected chi connectivity index (χ0v) is 22.4. The molecule has 6 aliphatic rings. The topological polar surface area (TPSA) is 79.3 Å². The summed E-state index contributed by atoms with van der Waals surface area (Å²) in [5.74, 6) is 0.434. The molecule has 6 fully saturated rings. The van der Waals surface area contributed by atoms with Gasteiger partial charge in [-0.15, -0.1) is 0 Å². The Morgan fingerprint density at radius 2 is 1.82 bits per heavy atom. The number of piperidine rings is 1. The second-order valence-electron chi connectivity index (χ2n) is 12.5. The minimum Gasteiger partial charge on any atom is -0.494 e. The molecule has 2 aromatic carbocycles. The van der Waals surface area contributed by atoms with E-state index in [0.29, 0.717) is 38.3 Å². The highest BCUT2D eigenvalue weighted by atomic mass is 19.1. The second kappa shape index (κ2) is 8.68. The summed E-state index contributed by atoms with van der Waals surface area (Å²) in [7, 11) is 0. The molecular formula is C31H35FN2O5. The van der Waals surface area contributed by atoms with Gasteiger partial charge in [0.25, 0.3) is 0 Å². The van der Waals surface area contributed by atoms with Crippen molar-refractivity contribution in [3.05, 3.63) is 53.3 Å². The van der Waals surface area contributed by atoms with Crippen molar-refractivity contribution in [2.24, 2.45) is 5.41 Å². The number of likely N-dealkylation sites (tertiary alicyclic amines) is 1. The van der Waals surface area contributed by atoms with Crippen LogP contribution in [-0.2, 0) is 16.1 Å². The number of hydrogen-bond donors (Lipinski definition) is 1. The van der Waals surface area contributed by atoms with E-state index >= 15 is 0 Å². The molecule has 4 saturated carbocycles. The van der Waals surface area contributed by atoms with Gasteiger partial charge in [-0.25, -0.2) is 9.18 Å². The molecule has 206 valence electrons. The summed E-state index contributed by atoms with van der Waals surface area (Å²) in [5.41, 5.74) is 3.23. The zero-order valence-electron chi connectivity index (χ0n) is 22.4. The van der Waals surface area contributed by atoms with Gasteiger partial charge in [0.15, 0.2) is 0 Å². The largest absolute Gasteiger partial charge is 0.494 e. The van der Waals surface area contributed by atoms with Crippen LogP contribution in [0.3, 0.4) is 0 Å². The molecule has 1 amide bonds. The maximum Gasteiger partial charge on any atom is 0.410 e. The maximum atomic E-state index is 13.6. The molecule has 4 aliphatic carbocycles. The molecule has 0 unspecified atom stereocenters. The predicted octanol–water partition coefficient (Wildman–Crippen LogP) is 5.56. The van der Waals surface area contributed by atoms with Crippen molar-refractivity contribution in [2.45, 2.75) is 75.5 Å². The van der Waals surface area contributed by atoms with E-state index in [2.05, 4.69) is 17.0 Å². The van der Waals surface area contributed by atoms with Crippen LogP contribution in [0.25, 0.3) is 11.1 Å². The number of aliphatic carboxylic acids is 1. The molecule has 1 spiro atoms. The number of carbonyl (C=O) groups excluding carboxylic acids is 1. The smallest absolute Gasteiger partial charge is 0.410 e. The number of benzene rings is 2. The van der Waals surface area contributed by atoms with Crippen LogP contribution < -0.4 is 4.74 Å². The van der Waals surface area contributed by atoms with Crippen LogP contribution in [0.5, 0.6) is 5.75 Å². The van der Waals surface area contributed by atoms with Gasteiger partial charge in [0, 0.05) is 43.6 Å². The number of carboxylic acids is 1. The summed E-state index contributed by atoms with van der Waals surface area (Å²) in [6, 6.07) is 11.1. The van der Waals surface area contributed by atoms with Gasteiger partial charge >= 0.3 is 12.1 Å². The fourth-order valence-corrected chi connectivity index (χ4v) is 7.52. The quantitative estimate of drug-likeness (QED) is 0.478. The number of carbonyl (C=O) groups is 2. The highest BCUT2D eigenvalue weighted by molar-refractivity contribution is 5.82. The van der Waals surface area contributed by atoms with Crippen molar-refractivity contribution in [1.29, 1.82) is 0 Å². The Hall–Kier alpha value is -3.13. The average molecular weight is 535 g/mol. The highest BCUT2D eigenvalue weighted by Gasteiger charge is 2.76. The average Bonchev–Trinajstić information content (AvgIpc) is 3.65. The normalized spacial score (nSPS) is 29.1. The van der Waals surface area contributed by atoms with E-state index in [1.807, 2.05) is 24.0 Å². The van der Waals surface area contributed by atoms with E-state index in [9.17, 15) is 19.1 Å². The van der Waals surface area contributed by atoms with Crippen LogP contribution in [-0.4, -0.2) is 64.4 Å². The first-order valence-corrected chi connectivity index (χ1v) is 14.3. The van der Waals surface area contributed by atoms with Crippen LogP contribution in [0.2, 0.25) is 0 Å². The van der Waals surface area contributed by atoms with Gasteiger partial charge in [0.2, 0.25) is 0 Å². The Kier molecular flexibility index (Phi) is 5.54. The van der Waals surface area contributed by atoms with E-state index in [1.165, 1.54) is 36.1 Å². The first-order chi connectivity index (χ1) is 18.7. The monoisotopic (exact) mass is 534 g/mol. The van der Waals surface area contributed by atoms with Crippen LogP contribution in [0.1, 0.15) is 68.9 Å². The fourth-order valence-electron chi connectivity index (χ4n) is 7.52. The lowest BCUT2D eigenvalue weighted by atomic mass is 9.39. The van der Waals surface area contributed by atoms with E-state index in [4.69, 9.17) is 9.47 Å². The van der Waals surface area contributed by atoms with E-state index < -0.39 is 17.0 Å². The molecule has 2 aromatic rings. The number of halogens is 1. The molecule has 8 rings (SSSR count). The SMILES string of the molecule is CCOc1cc(-c2ccc(F)cc2)c(C2CC2)cc1CN1CCC2(CC1)CN(C13CC(C(=O)O)(C1)C3)C(=O)O2. The van der Waals surface area contributed by atoms with Crippen LogP contribution in [0, 0.1) is 11.2 Å². The van der Waals surface area contributed by atoms with Crippen molar-refractivity contribution in [1.82, 2.24) is 9.80 Å². The maximum absolute atomic E-state index is 13.6. The Morgan fingerprint density at radius 1 is 1.13 bits per heavy atom. The lowest BCUT2D eigenvalue weighted by Gasteiger charge is -2.70. The highest BCUT2D eigenvalue weighted by Crippen LogP contribution is 2.70. The summed E-state index contributed by atoms with van der Waals surface area (Å²) < 4.78 is 25.7. The summed E-state index contributed by atoms with van der Waals surface area (Å²) in [5, 5.41) is 9.47. The van der Waals surface area contributed by atoms with Crippen molar-refractivity contribution in [2.75, 3.05) is 26.2 Å². The Bertz CT molecular complexity index is 1310. The molecule has 2 aliphatic heterocycles. The first kappa shape index (κ1) is 24.9. The van der Waals surface area contributed by atoms with E-state index in [1.54, 1.807) is 0 Å². The molecule has 2 saturated heterocycles. The Balaban J connectivity index is 1.05. The third kappa shape index (κ3) is 4.01. The van der Waals surface area contributed by atoms with Crippen LogP contribution in [0.15, 0.2) is 36.4 Å². The van der Waals surface area contributed by atoms with Crippen molar-refractivity contribution in [3.63, 3.8) is 0 Å². The van der Waals surface area contributed by atoms with Crippen LogP contribution in [0.4, 0.5) is 9.18 Å². The Morgan fingerprint density at radius 3 is 2.44 bits per heavy atom. The number of carboxylic acid groups (broad SMARTS) is 1. The number of rotatable bonds is 8. The molecule has 1 N–H and O–H groups in total. The minimum absolute atomic E-state index is 0.235. The molecule has 2 bridgehead atoms. The summed E-state index contributed by atoms with van der Waals surface area (Å²) >= 11 is 0. The molecule has 39 heavy (non-hydrogen) atoms. The molecular weight excluding hydrogens is 499 g/mol. The van der Waals surface area contributed by atoms with Crippen molar-refractivity contribution >= 4 is 12.1 Å². The van der Waals surface area contributed by atoms with Crippen LogP contribution >= 0.6 is 0 Å². The molecule has 0 aromatic heterocycles. The van der Waals surface area contributed by atoms with Crippen molar-refractivity contribution < 1.29 is 28.6 Å². The van der Waals surface area contributed by atoms with Gasteiger partial charge in [-0.2, -0.15) is 0 Å². The lowest BCUT2D eigenvalue weighted by molar-refractivity contribution is -0.220. The van der Waals surface area contributed by atoms with E-state index in [-0.39, 0.29) is 17.4 Å². The number of hydrogen-bond acceptors (Lipinski definition) is 5. The molecule has 0 atom stereocenters. The van der Waals surface area contributed by atoms with Gasteiger partial charge in [-0.1, -0.05) is 12.1 Å². The fraction of sp³-hybridized carbons (Fsp3) is 0.548. The standard InChI is InChI=1S/C31H35FN2O5/c1-2-38-26-14-25(21-5-7-23(32)8-6-21)24(20-3-4-20)13-22(26)15-33-11-9-31(10-12-33)19-34(28(37)39-31)30-16-29(17-30,18-30)27(35)36/h5-8,13-14,20H,2-4,9-12,15-19H2,1H3,(H,35,36). The summed E-state index contributed by atoms with van der Waals surface area (Å²) in [4.78, 5) is 28.6. The molecule has 2 heterocycles. The summed E-state index contributed by atoms with van der Waals surface area (Å²) in [6.45, 7) is 5.52. The summed E-state index contributed by atoms with van der Waals surface area (Å²) in [6.07, 6.45) is 5.28. The van der Waals surface area contributed by atoms with Gasteiger partial charge in [0.05, 0.1) is 18.6 Å². The third-order valence-corrected chi connectivity index (χ3v) is 9.87. The first-order valence-electron chi connectivity index (χ1n) is 14.3. The molecule has 7 nitrogen and oxygen atoms in total. The molecule has 0 radical (unpaired) electrons. The zero-order chi connectivity index (χ0) is 27.0. The van der Waals surface area contributed by atoms with Gasteiger partial charge in [-0.05, 0) is 85.9 Å².